The molecule has 1 atom stereocenters. The summed E-state index contributed by atoms with van der Waals surface area (Å²) in [6.07, 6.45) is 0.656. The number of rotatable bonds is 3. The average Bonchev–Trinajstić information content (AvgIpc) is 1.68. The van der Waals surface area contributed by atoms with Gasteiger partial charge in [-0.25, -0.2) is 0 Å². The van der Waals surface area contributed by atoms with Gasteiger partial charge in [-0.1, -0.05) is 0 Å². The Balaban J connectivity index is 2.98. The third-order valence-corrected chi connectivity index (χ3v) is 0.534. The Labute approximate surface area is 42.4 Å². The van der Waals surface area contributed by atoms with Gasteiger partial charge < -0.3 is 15.3 Å². The first-order valence-corrected chi connectivity index (χ1v) is 2.01. The standard InChI is InChI=1S/C4H9NO2/c1-7-3-4(5)2-6/h2,4H,3,5H2,1H3. The number of carbonyl (C=O) groups is 1. The fourth-order valence-electron chi connectivity index (χ4n) is 0.232. The van der Waals surface area contributed by atoms with Crippen LogP contribution in [0.5, 0.6) is 0 Å². The van der Waals surface area contributed by atoms with Gasteiger partial charge in [-0.2, -0.15) is 0 Å². The monoisotopic (exact) mass is 103 g/mol. The highest BCUT2D eigenvalue weighted by Gasteiger charge is 1.93. The van der Waals surface area contributed by atoms with Crippen molar-refractivity contribution in [2.24, 2.45) is 5.73 Å². The fraction of sp³-hybridized carbons (Fsp3) is 0.750. The first kappa shape index (κ1) is 6.59. The number of methoxy groups -OCH3 is 1. The summed E-state index contributed by atoms with van der Waals surface area (Å²) >= 11 is 0. The zero-order valence-corrected chi connectivity index (χ0v) is 4.26. The third kappa shape index (κ3) is 3.42. The van der Waals surface area contributed by atoms with Crippen molar-refractivity contribution in [2.45, 2.75) is 6.04 Å². The number of hydrogen-bond donors (Lipinski definition) is 1. The fourth-order valence-corrected chi connectivity index (χ4v) is 0.232. The van der Waals surface area contributed by atoms with E-state index in [9.17, 15) is 4.79 Å². The van der Waals surface area contributed by atoms with Crippen molar-refractivity contribution in [3.8, 4) is 0 Å². The van der Waals surface area contributed by atoms with E-state index in [1.54, 1.807) is 0 Å². The molecule has 1 unspecified atom stereocenters. The van der Waals surface area contributed by atoms with E-state index in [1.165, 1.54) is 7.11 Å². The smallest absolute Gasteiger partial charge is 0.139 e. The van der Waals surface area contributed by atoms with Gasteiger partial charge in [-0.15, -0.1) is 0 Å². The van der Waals surface area contributed by atoms with Crippen LogP contribution in [0.4, 0.5) is 0 Å². The lowest BCUT2D eigenvalue weighted by Crippen LogP contribution is -2.26. The molecule has 0 rings (SSSR count). The van der Waals surface area contributed by atoms with Crippen LogP contribution in [-0.2, 0) is 9.53 Å². The molecule has 0 aromatic carbocycles. The molecule has 0 heterocycles. The Bertz CT molecular complexity index is 55.7. The van der Waals surface area contributed by atoms with E-state index in [1.807, 2.05) is 0 Å². The first-order chi connectivity index (χ1) is 3.31. The second-order valence-electron chi connectivity index (χ2n) is 1.26. The topological polar surface area (TPSA) is 52.3 Å². The maximum atomic E-state index is 9.69. The maximum absolute atomic E-state index is 9.69. The highest BCUT2D eigenvalue weighted by Crippen LogP contribution is 1.69. The molecule has 0 aromatic rings. The van der Waals surface area contributed by atoms with Crippen molar-refractivity contribution in [2.75, 3.05) is 13.7 Å². The Morgan fingerprint density at radius 1 is 2.00 bits per heavy atom. The molecule has 0 aromatic heterocycles. The predicted molar refractivity (Wildman–Crippen MR) is 25.9 cm³/mol. The maximum Gasteiger partial charge on any atom is 0.139 e. The van der Waals surface area contributed by atoms with E-state index in [0.717, 1.165) is 0 Å². The normalized spacial score (nSPS) is 13.4. The summed E-state index contributed by atoms with van der Waals surface area (Å²) in [6, 6.07) is -0.454. The average molecular weight is 103 g/mol. The van der Waals surface area contributed by atoms with Gasteiger partial charge in [0.05, 0.1) is 12.6 Å². The van der Waals surface area contributed by atoms with Crippen LogP contribution in [0, 0.1) is 0 Å². The van der Waals surface area contributed by atoms with Gasteiger partial charge in [0, 0.05) is 7.11 Å². The van der Waals surface area contributed by atoms with Crippen LogP contribution in [-0.4, -0.2) is 26.0 Å². The van der Waals surface area contributed by atoms with Crippen LogP contribution in [0.1, 0.15) is 0 Å². The molecule has 0 saturated carbocycles. The second-order valence-corrected chi connectivity index (χ2v) is 1.26. The van der Waals surface area contributed by atoms with E-state index < -0.39 is 6.04 Å². The summed E-state index contributed by atoms with van der Waals surface area (Å²) in [4.78, 5) is 9.69. The highest BCUT2D eigenvalue weighted by atomic mass is 16.5. The lowest BCUT2D eigenvalue weighted by molar-refractivity contribution is -0.109. The molecular weight excluding hydrogens is 94.0 g/mol. The molecule has 3 nitrogen and oxygen atoms in total. The van der Waals surface area contributed by atoms with Gasteiger partial charge in [0.25, 0.3) is 0 Å². The Kier molecular flexibility index (Phi) is 3.55. The Morgan fingerprint density at radius 2 is 2.57 bits per heavy atom. The summed E-state index contributed by atoms with van der Waals surface area (Å²) in [7, 11) is 1.50. The zero-order valence-electron chi connectivity index (χ0n) is 4.26. The number of carbonyl (C=O) groups excluding carboxylic acids is 1. The van der Waals surface area contributed by atoms with Crippen molar-refractivity contribution in [1.82, 2.24) is 0 Å². The summed E-state index contributed by atoms with van der Waals surface area (Å²) in [5.41, 5.74) is 5.09. The molecule has 2 N–H and O–H groups in total. The van der Waals surface area contributed by atoms with Crippen molar-refractivity contribution in [3.05, 3.63) is 0 Å². The minimum absolute atomic E-state index is 0.309. The van der Waals surface area contributed by atoms with E-state index >= 15 is 0 Å². The molecule has 7 heavy (non-hydrogen) atoms. The van der Waals surface area contributed by atoms with Gasteiger partial charge >= 0.3 is 0 Å². The Hall–Kier alpha value is -0.410. The van der Waals surface area contributed by atoms with Gasteiger partial charge in [0.15, 0.2) is 0 Å². The van der Waals surface area contributed by atoms with Crippen molar-refractivity contribution < 1.29 is 9.53 Å². The molecule has 42 valence electrons. The summed E-state index contributed by atoms with van der Waals surface area (Å²) in [6.45, 7) is 0.309. The van der Waals surface area contributed by atoms with Crippen molar-refractivity contribution >= 4 is 6.29 Å². The highest BCUT2D eigenvalue weighted by molar-refractivity contribution is 5.56. The summed E-state index contributed by atoms with van der Waals surface area (Å²) in [5.74, 6) is 0. The molecule has 0 radical (unpaired) electrons. The molecule has 0 fully saturated rings. The van der Waals surface area contributed by atoms with E-state index in [4.69, 9.17) is 5.73 Å². The van der Waals surface area contributed by atoms with Crippen LogP contribution in [0.25, 0.3) is 0 Å². The summed E-state index contributed by atoms with van der Waals surface area (Å²) in [5, 5.41) is 0. The van der Waals surface area contributed by atoms with Crippen LogP contribution in [0.2, 0.25) is 0 Å². The minimum Gasteiger partial charge on any atom is -0.383 e. The molecule has 0 amide bonds. The van der Waals surface area contributed by atoms with E-state index in [2.05, 4.69) is 4.74 Å². The number of aldehydes is 1. The predicted octanol–water partition coefficient (Wildman–Crippen LogP) is -0.841. The lowest BCUT2D eigenvalue weighted by atomic mass is 10.4. The molecule has 0 bridgehead atoms. The van der Waals surface area contributed by atoms with Gasteiger partial charge in [-0.05, 0) is 0 Å². The van der Waals surface area contributed by atoms with Gasteiger partial charge in [-0.3, -0.25) is 0 Å². The van der Waals surface area contributed by atoms with Crippen LogP contribution < -0.4 is 5.73 Å². The van der Waals surface area contributed by atoms with Crippen LogP contribution in [0.3, 0.4) is 0 Å². The first-order valence-electron chi connectivity index (χ1n) is 2.01. The van der Waals surface area contributed by atoms with E-state index in [0.29, 0.717) is 12.9 Å². The number of hydrogen-bond acceptors (Lipinski definition) is 3. The summed E-state index contributed by atoms with van der Waals surface area (Å²) < 4.78 is 4.54. The quantitative estimate of drug-likeness (QED) is 0.474. The second kappa shape index (κ2) is 3.77. The zero-order chi connectivity index (χ0) is 5.70. The Morgan fingerprint density at radius 3 is 2.71 bits per heavy atom. The molecule has 3 heteroatoms. The molecule has 0 saturated heterocycles. The third-order valence-electron chi connectivity index (χ3n) is 0.534. The number of nitrogens with two attached hydrogens (primary N) is 1. The van der Waals surface area contributed by atoms with Crippen LogP contribution >= 0.6 is 0 Å². The molecular formula is C4H9NO2. The largest absolute Gasteiger partial charge is 0.383 e. The van der Waals surface area contributed by atoms with E-state index in [-0.39, 0.29) is 0 Å². The van der Waals surface area contributed by atoms with Gasteiger partial charge in [0.1, 0.15) is 6.29 Å². The lowest BCUT2D eigenvalue weighted by Gasteiger charge is -1.97. The molecule has 0 aliphatic rings. The van der Waals surface area contributed by atoms with Crippen molar-refractivity contribution in [1.29, 1.82) is 0 Å². The van der Waals surface area contributed by atoms with Gasteiger partial charge in [0.2, 0.25) is 0 Å². The van der Waals surface area contributed by atoms with Crippen LogP contribution in [0.15, 0.2) is 0 Å². The molecule has 0 spiro atoms. The SMILES string of the molecule is COCC(N)C=O. The number of ether oxygens (including phenoxy) is 1. The minimum atomic E-state index is -0.454. The van der Waals surface area contributed by atoms with Crippen molar-refractivity contribution in [3.63, 3.8) is 0 Å². The molecule has 0 aliphatic heterocycles. The molecule has 0 aliphatic carbocycles.